The van der Waals surface area contributed by atoms with E-state index in [-0.39, 0.29) is 0 Å². The SMILES string of the molecule is COc1ccc(Cl)cc1/C(C)=N\Nc1cccc(C)c1. The molecule has 0 saturated carbocycles. The molecule has 0 bridgehead atoms. The normalized spacial score (nSPS) is 11.3. The highest BCUT2D eigenvalue weighted by Crippen LogP contribution is 2.23. The van der Waals surface area contributed by atoms with Crippen molar-refractivity contribution in [2.75, 3.05) is 12.5 Å². The van der Waals surface area contributed by atoms with Crippen molar-refractivity contribution in [1.82, 2.24) is 0 Å². The van der Waals surface area contributed by atoms with Gasteiger partial charge in [-0.1, -0.05) is 23.7 Å². The fraction of sp³-hybridized carbons (Fsp3) is 0.188. The number of halogens is 1. The number of rotatable bonds is 4. The lowest BCUT2D eigenvalue weighted by Gasteiger charge is -2.09. The molecule has 0 aromatic heterocycles. The van der Waals surface area contributed by atoms with Crippen molar-refractivity contribution in [1.29, 1.82) is 0 Å². The molecular formula is C16H17ClN2O. The van der Waals surface area contributed by atoms with Crippen molar-refractivity contribution in [3.8, 4) is 5.75 Å². The third-order valence-corrected chi connectivity index (χ3v) is 3.16. The van der Waals surface area contributed by atoms with E-state index < -0.39 is 0 Å². The summed E-state index contributed by atoms with van der Waals surface area (Å²) >= 11 is 6.02. The van der Waals surface area contributed by atoms with Crippen LogP contribution in [-0.4, -0.2) is 12.8 Å². The standard InChI is InChI=1S/C16H17ClN2O/c1-11-5-4-6-14(9-11)19-18-12(2)15-10-13(17)7-8-16(15)20-3/h4-10,19H,1-3H3/b18-12-. The monoisotopic (exact) mass is 288 g/mol. The molecule has 0 heterocycles. The first-order chi connectivity index (χ1) is 9.60. The number of nitrogens with zero attached hydrogens (tertiary/aromatic N) is 1. The second kappa shape index (κ2) is 6.44. The molecule has 104 valence electrons. The average molecular weight is 289 g/mol. The van der Waals surface area contributed by atoms with Gasteiger partial charge in [0.15, 0.2) is 0 Å². The van der Waals surface area contributed by atoms with Gasteiger partial charge in [-0.2, -0.15) is 5.10 Å². The third kappa shape index (κ3) is 3.52. The Morgan fingerprint density at radius 1 is 1.20 bits per heavy atom. The smallest absolute Gasteiger partial charge is 0.128 e. The van der Waals surface area contributed by atoms with Gasteiger partial charge in [-0.3, -0.25) is 5.43 Å². The van der Waals surface area contributed by atoms with Crippen molar-refractivity contribution in [3.63, 3.8) is 0 Å². The fourth-order valence-corrected chi connectivity index (χ4v) is 2.06. The van der Waals surface area contributed by atoms with Crippen LogP contribution >= 0.6 is 11.6 Å². The van der Waals surface area contributed by atoms with Crippen LogP contribution in [0.3, 0.4) is 0 Å². The van der Waals surface area contributed by atoms with E-state index in [4.69, 9.17) is 16.3 Å². The number of ether oxygens (including phenoxy) is 1. The number of hydrazone groups is 1. The van der Waals surface area contributed by atoms with Gasteiger partial charge in [0.2, 0.25) is 0 Å². The van der Waals surface area contributed by atoms with Crippen LogP contribution in [0, 0.1) is 6.92 Å². The van der Waals surface area contributed by atoms with Gasteiger partial charge in [0.05, 0.1) is 18.5 Å². The molecule has 0 atom stereocenters. The van der Waals surface area contributed by atoms with Gasteiger partial charge < -0.3 is 4.74 Å². The second-order valence-corrected chi connectivity index (χ2v) is 4.96. The Morgan fingerprint density at radius 3 is 2.70 bits per heavy atom. The summed E-state index contributed by atoms with van der Waals surface area (Å²) in [4.78, 5) is 0. The lowest BCUT2D eigenvalue weighted by Crippen LogP contribution is -2.02. The fourth-order valence-electron chi connectivity index (χ4n) is 1.89. The van der Waals surface area contributed by atoms with E-state index >= 15 is 0 Å². The van der Waals surface area contributed by atoms with Crippen LogP contribution in [0.5, 0.6) is 5.75 Å². The Hall–Kier alpha value is -2.00. The Morgan fingerprint density at radius 2 is 2.00 bits per heavy atom. The van der Waals surface area contributed by atoms with E-state index in [1.165, 1.54) is 5.56 Å². The zero-order valence-corrected chi connectivity index (χ0v) is 12.5. The van der Waals surface area contributed by atoms with E-state index in [0.29, 0.717) is 5.02 Å². The van der Waals surface area contributed by atoms with Crippen LogP contribution < -0.4 is 10.2 Å². The summed E-state index contributed by atoms with van der Waals surface area (Å²) in [5.74, 6) is 0.752. The largest absolute Gasteiger partial charge is 0.496 e. The van der Waals surface area contributed by atoms with E-state index in [1.54, 1.807) is 13.2 Å². The number of anilines is 1. The maximum Gasteiger partial charge on any atom is 0.128 e. The van der Waals surface area contributed by atoms with Crippen molar-refractivity contribution < 1.29 is 4.74 Å². The Kier molecular flexibility index (Phi) is 4.64. The Labute approximate surface area is 124 Å². The number of benzene rings is 2. The van der Waals surface area contributed by atoms with E-state index in [9.17, 15) is 0 Å². The number of aryl methyl sites for hydroxylation is 1. The highest BCUT2D eigenvalue weighted by Gasteiger charge is 2.07. The molecule has 0 unspecified atom stereocenters. The van der Waals surface area contributed by atoms with Gasteiger partial charge >= 0.3 is 0 Å². The second-order valence-electron chi connectivity index (χ2n) is 4.52. The first-order valence-electron chi connectivity index (χ1n) is 6.31. The first kappa shape index (κ1) is 14.4. The summed E-state index contributed by atoms with van der Waals surface area (Å²) in [7, 11) is 1.63. The van der Waals surface area contributed by atoms with Crippen molar-refractivity contribution in [2.24, 2.45) is 5.10 Å². The molecule has 2 aromatic rings. The predicted octanol–water partition coefficient (Wildman–Crippen LogP) is 4.49. The van der Waals surface area contributed by atoms with Crippen LogP contribution in [0.4, 0.5) is 5.69 Å². The molecule has 2 aromatic carbocycles. The van der Waals surface area contributed by atoms with Gasteiger partial charge in [0.25, 0.3) is 0 Å². The molecule has 0 aliphatic heterocycles. The number of nitrogens with one attached hydrogen (secondary N) is 1. The zero-order chi connectivity index (χ0) is 14.5. The molecule has 4 heteroatoms. The Bertz CT molecular complexity index is 638. The third-order valence-electron chi connectivity index (χ3n) is 2.92. The van der Waals surface area contributed by atoms with Gasteiger partial charge in [-0.15, -0.1) is 0 Å². The highest BCUT2D eigenvalue weighted by molar-refractivity contribution is 6.31. The maximum absolute atomic E-state index is 6.02. The maximum atomic E-state index is 6.02. The minimum atomic E-state index is 0.658. The minimum absolute atomic E-state index is 0.658. The number of methoxy groups -OCH3 is 1. The summed E-state index contributed by atoms with van der Waals surface area (Å²) in [5, 5.41) is 5.04. The molecule has 2 rings (SSSR count). The molecule has 20 heavy (non-hydrogen) atoms. The summed E-state index contributed by atoms with van der Waals surface area (Å²) in [6.45, 7) is 3.96. The number of hydrogen-bond donors (Lipinski definition) is 1. The van der Waals surface area contributed by atoms with Gasteiger partial charge in [-0.25, -0.2) is 0 Å². The van der Waals surface area contributed by atoms with Crippen molar-refractivity contribution >= 4 is 23.0 Å². The average Bonchev–Trinajstić information content (AvgIpc) is 2.45. The molecular weight excluding hydrogens is 272 g/mol. The number of hydrogen-bond acceptors (Lipinski definition) is 3. The molecule has 0 spiro atoms. The Balaban J connectivity index is 2.24. The molecule has 0 fully saturated rings. The predicted molar refractivity (Wildman–Crippen MR) is 85.0 cm³/mol. The van der Waals surface area contributed by atoms with Gasteiger partial charge in [0, 0.05) is 10.6 Å². The van der Waals surface area contributed by atoms with Crippen molar-refractivity contribution in [3.05, 3.63) is 58.6 Å². The van der Waals surface area contributed by atoms with Gasteiger partial charge in [0.1, 0.15) is 5.75 Å². The van der Waals surface area contributed by atoms with Crippen LogP contribution in [-0.2, 0) is 0 Å². The molecule has 0 aliphatic carbocycles. The van der Waals surface area contributed by atoms with E-state index in [0.717, 1.165) is 22.7 Å². The lowest BCUT2D eigenvalue weighted by atomic mass is 10.1. The van der Waals surface area contributed by atoms with Crippen LogP contribution in [0.2, 0.25) is 5.02 Å². The van der Waals surface area contributed by atoms with Crippen LogP contribution in [0.25, 0.3) is 0 Å². The highest BCUT2D eigenvalue weighted by atomic mass is 35.5. The molecule has 0 aliphatic rings. The molecule has 0 amide bonds. The quantitative estimate of drug-likeness (QED) is 0.664. The lowest BCUT2D eigenvalue weighted by molar-refractivity contribution is 0.414. The minimum Gasteiger partial charge on any atom is -0.496 e. The summed E-state index contributed by atoms with van der Waals surface area (Å²) in [6.07, 6.45) is 0. The summed E-state index contributed by atoms with van der Waals surface area (Å²) < 4.78 is 5.33. The zero-order valence-electron chi connectivity index (χ0n) is 11.8. The van der Waals surface area contributed by atoms with Crippen LogP contribution in [0.15, 0.2) is 47.6 Å². The van der Waals surface area contributed by atoms with Crippen molar-refractivity contribution in [2.45, 2.75) is 13.8 Å². The summed E-state index contributed by atoms with van der Waals surface area (Å²) in [5.41, 5.74) is 6.86. The first-order valence-corrected chi connectivity index (χ1v) is 6.69. The molecule has 1 N–H and O–H groups in total. The summed E-state index contributed by atoms with van der Waals surface area (Å²) in [6, 6.07) is 13.5. The molecule has 0 saturated heterocycles. The van der Waals surface area contributed by atoms with E-state index in [2.05, 4.69) is 10.5 Å². The topological polar surface area (TPSA) is 33.6 Å². The molecule has 3 nitrogen and oxygen atoms in total. The van der Waals surface area contributed by atoms with E-state index in [1.807, 2.05) is 50.2 Å². The van der Waals surface area contributed by atoms with Gasteiger partial charge in [-0.05, 0) is 49.7 Å². The van der Waals surface area contributed by atoms with Crippen LogP contribution in [0.1, 0.15) is 18.1 Å². The molecule has 0 radical (unpaired) electrons.